The molecule has 0 aromatic carbocycles. The summed E-state index contributed by atoms with van der Waals surface area (Å²) in [6.07, 6.45) is 5.31. The number of rotatable bonds is 3. The molecule has 0 saturated heterocycles. The number of aryl methyl sites for hydroxylation is 1. The number of aromatic nitrogens is 5. The van der Waals surface area contributed by atoms with E-state index in [-0.39, 0.29) is 0 Å². The van der Waals surface area contributed by atoms with Gasteiger partial charge in [0.1, 0.15) is 11.5 Å². The van der Waals surface area contributed by atoms with Crippen molar-refractivity contribution in [2.24, 2.45) is 12.9 Å². The Bertz CT molecular complexity index is 766. The van der Waals surface area contributed by atoms with Gasteiger partial charge in [-0.05, 0) is 28.1 Å². The van der Waals surface area contributed by atoms with Crippen molar-refractivity contribution in [1.82, 2.24) is 24.7 Å². The molecule has 7 nitrogen and oxygen atoms in total. The minimum absolute atomic E-state index is 0.497. The molecule has 0 atom stereocenters. The molecule has 0 saturated carbocycles. The summed E-state index contributed by atoms with van der Waals surface area (Å²) >= 11 is 3.35. The predicted molar refractivity (Wildman–Crippen MR) is 83.0 cm³/mol. The Kier molecular flexibility index (Phi) is 3.63. The number of nitrogen functional groups attached to an aromatic ring is 1. The van der Waals surface area contributed by atoms with E-state index in [0.717, 1.165) is 15.7 Å². The van der Waals surface area contributed by atoms with E-state index >= 15 is 0 Å². The Morgan fingerprint density at radius 2 is 2.05 bits per heavy atom. The van der Waals surface area contributed by atoms with Gasteiger partial charge in [-0.2, -0.15) is 5.10 Å². The Labute approximate surface area is 129 Å². The van der Waals surface area contributed by atoms with Crippen LogP contribution in [0.2, 0.25) is 0 Å². The van der Waals surface area contributed by atoms with E-state index in [1.54, 1.807) is 23.1 Å². The van der Waals surface area contributed by atoms with Crippen LogP contribution >= 0.6 is 15.9 Å². The summed E-state index contributed by atoms with van der Waals surface area (Å²) in [5.41, 5.74) is 4.83. The van der Waals surface area contributed by atoms with Crippen molar-refractivity contribution in [3.05, 3.63) is 41.3 Å². The summed E-state index contributed by atoms with van der Waals surface area (Å²) in [6, 6.07) is 5.49. The van der Waals surface area contributed by atoms with Crippen molar-refractivity contribution in [2.75, 3.05) is 5.43 Å². The van der Waals surface area contributed by atoms with Crippen molar-refractivity contribution < 1.29 is 0 Å². The molecule has 0 unspecified atom stereocenters. The molecule has 0 spiro atoms. The molecule has 0 bridgehead atoms. The minimum atomic E-state index is 0.497. The zero-order chi connectivity index (χ0) is 14.8. The second kappa shape index (κ2) is 5.58. The average Bonchev–Trinajstić information content (AvgIpc) is 2.94. The molecule has 3 rings (SSSR count). The van der Waals surface area contributed by atoms with Crippen LogP contribution in [0.25, 0.3) is 22.8 Å². The Morgan fingerprint density at radius 3 is 2.67 bits per heavy atom. The number of nitrogens with zero attached hydrogens (tertiary/aromatic N) is 5. The molecule has 8 heteroatoms. The topological polar surface area (TPSA) is 94.5 Å². The highest BCUT2D eigenvalue weighted by atomic mass is 79.9. The minimum Gasteiger partial charge on any atom is -0.308 e. The number of hydrazine groups is 1. The molecule has 3 aromatic rings. The molecule has 0 aliphatic carbocycles. The molecule has 106 valence electrons. The van der Waals surface area contributed by atoms with Crippen molar-refractivity contribution >= 4 is 21.7 Å². The number of anilines is 1. The molecule has 0 radical (unpaired) electrons. The van der Waals surface area contributed by atoms with Crippen LogP contribution in [0.3, 0.4) is 0 Å². The third kappa shape index (κ3) is 2.91. The lowest BCUT2D eigenvalue weighted by Crippen LogP contribution is -2.10. The van der Waals surface area contributed by atoms with Gasteiger partial charge in [0.2, 0.25) is 0 Å². The van der Waals surface area contributed by atoms with Gasteiger partial charge in [0.05, 0.1) is 11.9 Å². The lowest BCUT2D eigenvalue weighted by atomic mass is 10.2. The highest BCUT2D eigenvalue weighted by Crippen LogP contribution is 2.23. The summed E-state index contributed by atoms with van der Waals surface area (Å²) in [4.78, 5) is 13.2. The molecular weight excluding hydrogens is 334 g/mol. The van der Waals surface area contributed by atoms with Crippen molar-refractivity contribution in [2.45, 2.75) is 0 Å². The average molecular weight is 346 g/mol. The molecule has 3 N–H and O–H groups in total. The van der Waals surface area contributed by atoms with Crippen molar-refractivity contribution in [1.29, 1.82) is 0 Å². The molecule has 3 heterocycles. The van der Waals surface area contributed by atoms with Crippen molar-refractivity contribution in [3.63, 3.8) is 0 Å². The van der Waals surface area contributed by atoms with Gasteiger partial charge in [-0.15, -0.1) is 0 Å². The fourth-order valence-corrected chi connectivity index (χ4v) is 2.08. The maximum Gasteiger partial charge on any atom is 0.180 e. The van der Waals surface area contributed by atoms with Crippen LogP contribution in [0.15, 0.2) is 41.3 Å². The van der Waals surface area contributed by atoms with Gasteiger partial charge in [0, 0.05) is 35.5 Å². The van der Waals surface area contributed by atoms with Gasteiger partial charge in [0.15, 0.2) is 5.82 Å². The van der Waals surface area contributed by atoms with E-state index in [2.05, 4.69) is 41.4 Å². The SMILES string of the molecule is Cn1cc(-c2cc(NN)nc(-c3ccc(Br)cn3)n2)cn1. The van der Waals surface area contributed by atoms with Crippen LogP contribution in [0.5, 0.6) is 0 Å². The first-order valence-corrected chi connectivity index (χ1v) is 6.91. The van der Waals surface area contributed by atoms with Gasteiger partial charge in [0.25, 0.3) is 0 Å². The normalized spacial score (nSPS) is 10.6. The fraction of sp³-hybridized carbons (Fsp3) is 0.0769. The first kappa shape index (κ1) is 13.7. The lowest BCUT2D eigenvalue weighted by Gasteiger charge is -2.06. The smallest absolute Gasteiger partial charge is 0.180 e. The molecule has 3 aromatic heterocycles. The lowest BCUT2D eigenvalue weighted by molar-refractivity contribution is 0.768. The zero-order valence-corrected chi connectivity index (χ0v) is 12.7. The number of nitrogens with one attached hydrogen (secondary N) is 1. The van der Waals surface area contributed by atoms with E-state index in [9.17, 15) is 0 Å². The van der Waals surface area contributed by atoms with Gasteiger partial charge in [-0.3, -0.25) is 9.67 Å². The van der Waals surface area contributed by atoms with Crippen LogP contribution in [-0.4, -0.2) is 24.7 Å². The number of hydrogen-bond donors (Lipinski definition) is 2. The number of pyridine rings is 1. The van der Waals surface area contributed by atoms with Gasteiger partial charge >= 0.3 is 0 Å². The number of nitrogens with two attached hydrogens (primary N) is 1. The molecular formula is C13H12BrN7. The molecule has 0 aliphatic rings. The maximum absolute atomic E-state index is 5.48. The summed E-state index contributed by atoms with van der Waals surface area (Å²) in [5.74, 6) is 6.50. The summed E-state index contributed by atoms with van der Waals surface area (Å²) in [5, 5.41) is 4.15. The van der Waals surface area contributed by atoms with Crippen molar-refractivity contribution in [3.8, 4) is 22.8 Å². The molecule has 21 heavy (non-hydrogen) atoms. The molecule has 0 amide bonds. The third-order valence-electron chi connectivity index (χ3n) is 2.83. The quantitative estimate of drug-likeness (QED) is 0.556. The second-order valence-corrected chi connectivity index (χ2v) is 5.29. The summed E-state index contributed by atoms with van der Waals surface area (Å²) in [7, 11) is 1.85. The van der Waals surface area contributed by atoms with Gasteiger partial charge in [-0.25, -0.2) is 15.8 Å². The number of halogens is 1. The fourth-order valence-electron chi connectivity index (χ4n) is 1.85. The zero-order valence-electron chi connectivity index (χ0n) is 11.2. The van der Waals surface area contributed by atoms with E-state index in [4.69, 9.17) is 5.84 Å². The van der Waals surface area contributed by atoms with E-state index in [1.165, 1.54) is 0 Å². The van der Waals surface area contributed by atoms with Crippen LogP contribution < -0.4 is 11.3 Å². The summed E-state index contributed by atoms with van der Waals surface area (Å²) in [6.45, 7) is 0. The monoisotopic (exact) mass is 345 g/mol. The van der Waals surface area contributed by atoms with E-state index in [1.807, 2.05) is 25.4 Å². The second-order valence-electron chi connectivity index (χ2n) is 4.37. The van der Waals surface area contributed by atoms with E-state index < -0.39 is 0 Å². The highest BCUT2D eigenvalue weighted by Gasteiger charge is 2.10. The Hall–Kier alpha value is -2.32. The van der Waals surface area contributed by atoms with E-state index in [0.29, 0.717) is 17.3 Å². The number of hydrogen-bond acceptors (Lipinski definition) is 6. The standard InChI is InChI=1S/C13H12BrN7/c1-21-7-8(5-17-21)11-4-12(20-15)19-13(18-11)10-3-2-9(14)6-16-10/h2-7H,15H2,1H3,(H,18,19,20). The summed E-state index contributed by atoms with van der Waals surface area (Å²) < 4.78 is 2.61. The van der Waals surface area contributed by atoms with Crippen LogP contribution in [-0.2, 0) is 7.05 Å². The predicted octanol–water partition coefficient (Wildman–Crippen LogP) is 1.99. The van der Waals surface area contributed by atoms with Crippen LogP contribution in [0.4, 0.5) is 5.82 Å². The first-order chi connectivity index (χ1) is 10.2. The van der Waals surface area contributed by atoms with Gasteiger partial charge < -0.3 is 5.43 Å². The largest absolute Gasteiger partial charge is 0.308 e. The Balaban J connectivity index is 2.10. The van der Waals surface area contributed by atoms with Gasteiger partial charge in [-0.1, -0.05) is 0 Å². The maximum atomic E-state index is 5.48. The highest BCUT2D eigenvalue weighted by molar-refractivity contribution is 9.10. The third-order valence-corrected chi connectivity index (χ3v) is 3.30. The Morgan fingerprint density at radius 1 is 1.19 bits per heavy atom. The molecule has 0 fully saturated rings. The van der Waals surface area contributed by atoms with Crippen LogP contribution in [0, 0.1) is 0 Å². The molecule has 0 aliphatic heterocycles. The first-order valence-electron chi connectivity index (χ1n) is 6.12. The van der Waals surface area contributed by atoms with Crippen LogP contribution in [0.1, 0.15) is 0 Å².